The summed E-state index contributed by atoms with van der Waals surface area (Å²) >= 11 is 0. The van der Waals surface area contributed by atoms with Crippen molar-refractivity contribution in [2.75, 3.05) is 46.4 Å². The smallest absolute Gasteiger partial charge is 0.191 e. The van der Waals surface area contributed by atoms with Crippen LogP contribution in [-0.4, -0.2) is 63.3 Å². The van der Waals surface area contributed by atoms with Gasteiger partial charge >= 0.3 is 0 Å². The second-order valence-corrected chi connectivity index (χ2v) is 7.24. The molecular formula is C18H36N4O. The van der Waals surface area contributed by atoms with Crippen LogP contribution in [0.25, 0.3) is 0 Å². The summed E-state index contributed by atoms with van der Waals surface area (Å²) in [5, 5.41) is 7.13. The highest BCUT2D eigenvalue weighted by Gasteiger charge is 2.21. The topological polar surface area (TPSA) is 48.9 Å². The maximum absolute atomic E-state index is 5.41. The lowest BCUT2D eigenvalue weighted by atomic mass is 9.84. The number of nitrogens with zero attached hydrogens (tertiary/aromatic N) is 2. The minimum atomic E-state index is 0.596. The van der Waals surface area contributed by atoms with Gasteiger partial charge in [0.05, 0.1) is 13.2 Å². The summed E-state index contributed by atoms with van der Waals surface area (Å²) in [5.74, 6) is 2.53. The first-order valence-corrected chi connectivity index (χ1v) is 9.48. The molecule has 1 heterocycles. The van der Waals surface area contributed by atoms with Crippen LogP contribution >= 0.6 is 0 Å². The number of hydrogen-bond acceptors (Lipinski definition) is 3. The van der Waals surface area contributed by atoms with E-state index in [2.05, 4.69) is 34.4 Å². The molecule has 0 aromatic heterocycles. The van der Waals surface area contributed by atoms with Crippen molar-refractivity contribution in [3.05, 3.63) is 0 Å². The zero-order valence-corrected chi connectivity index (χ0v) is 15.3. The van der Waals surface area contributed by atoms with Gasteiger partial charge in [0.15, 0.2) is 5.96 Å². The van der Waals surface area contributed by atoms with Gasteiger partial charge in [0.1, 0.15) is 0 Å². The first-order valence-electron chi connectivity index (χ1n) is 9.48. The molecule has 134 valence electrons. The fraction of sp³-hybridized carbons (Fsp3) is 0.944. The molecule has 1 saturated carbocycles. The molecule has 1 aliphatic carbocycles. The number of guanidine groups is 1. The van der Waals surface area contributed by atoms with E-state index < -0.39 is 0 Å². The van der Waals surface area contributed by atoms with E-state index in [1.54, 1.807) is 0 Å². The SMILES string of the molecule is CCC1CCC(NC(=NC)NCC(C)CN2CCOCC2)CC1. The van der Waals surface area contributed by atoms with E-state index >= 15 is 0 Å². The standard InChI is InChI=1S/C18H36N4O/c1-4-16-5-7-17(8-6-16)21-18(19-3)20-13-15(2)14-22-9-11-23-12-10-22/h15-17H,4-14H2,1-3H3,(H2,19,20,21). The van der Waals surface area contributed by atoms with E-state index in [-0.39, 0.29) is 0 Å². The summed E-state index contributed by atoms with van der Waals surface area (Å²) in [4.78, 5) is 6.90. The van der Waals surface area contributed by atoms with Gasteiger partial charge in [0, 0.05) is 39.3 Å². The lowest BCUT2D eigenvalue weighted by Gasteiger charge is -2.31. The number of aliphatic imine (C=N–C) groups is 1. The minimum Gasteiger partial charge on any atom is -0.379 e. The van der Waals surface area contributed by atoms with Crippen molar-refractivity contribution in [3.63, 3.8) is 0 Å². The van der Waals surface area contributed by atoms with Crippen LogP contribution < -0.4 is 10.6 Å². The van der Waals surface area contributed by atoms with Crippen LogP contribution in [0.4, 0.5) is 0 Å². The number of ether oxygens (including phenoxy) is 1. The van der Waals surface area contributed by atoms with E-state index in [1.807, 2.05) is 7.05 Å². The molecule has 23 heavy (non-hydrogen) atoms. The Morgan fingerprint density at radius 2 is 1.91 bits per heavy atom. The average molecular weight is 325 g/mol. The maximum atomic E-state index is 5.41. The summed E-state index contributed by atoms with van der Waals surface area (Å²) in [6, 6.07) is 0.596. The van der Waals surface area contributed by atoms with Crippen LogP contribution in [0, 0.1) is 11.8 Å². The van der Waals surface area contributed by atoms with Crippen molar-refractivity contribution in [3.8, 4) is 0 Å². The zero-order valence-electron chi connectivity index (χ0n) is 15.3. The quantitative estimate of drug-likeness (QED) is 0.580. The van der Waals surface area contributed by atoms with E-state index in [4.69, 9.17) is 4.74 Å². The van der Waals surface area contributed by atoms with Crippen molar-refractivity contribution in [2.24, 2.45) is 16.8 Å². The maximum Gasteiger partial charge on any atom is 0.191 e. The molecule has 1 aliphatic heterocycles. The van der Waals surface area contributed by atoms with E-state index in [0.29, 0.717) is 12.0 Å². The van der Waals surface area contributed by atoms with Gasteiger partial charge in [-0.2, -0.15) is 0 Å². The summed E-state index contributed by atoms with van der Waals surface area (Å²) in [6.07, 6.45) is 6.61. The molecule has 1 unspecified atom stereocenters. The first-order chi connectivity index (χ1) is 11.2. The normalized spacial score (nSPS) is 28.4. The number of nitrogens with one attached hydrogen (secondary N) is 2. The largest absolute Gasteiger partial charge is 0.379 e. The van der Waals surface area contributed by atoms with E-state index in [9.17, 15) is 0 Å². The van der Waals surface area contributed by atoms with Crippen LogP contribution in [-0.2, 0) is 4.74 Å². The summed E-state index contributed by atoms with van der Waals surface area (Å²) in [5.41, 5.74) is 0. The molecule has 0 amide bonds. The van der Waals surface area contributed by atoms with Gasteiger partial charge in [-0.25, -0.2) is 0 Å². The Kier molecular flexibility index (Phi) is 8.17. The lowest BCUT2D eigenvalue weighted by molar-refractivity contribution is 0.0320. The van der Waals surface area contributed by atoms with Gasteiger partial charge in [0.2, 0.25) is 0 Å². The Hall–Kier alpha value is -0.810. The van der Waals surface area contributed by atoms with E-state index in [1.165, 1.54) is 32.1 Å². The van der Waals surface area contributed by atoms with Crippen LogP contribution in [0.1, 0.15) is 46.0 Å². The van der Waals surface area contributed by atoms with Crippen LogP contribution in [0.3, 0.4) is 0 Å². The third kappa shape index (κ3) is 6.68. The molecule has 5 nitrogen and oxygen atoms in total. The van der Waals surface area contributed by atoms with Crippen LogP contribution in [0.5, 0.6) is 0 Å². The van der Waals surface area contributed by atoms with Gasteiger partial charge in [-0.3, -0.25) is 9.89 Å². The predicted octanol–water partition coefficient (Wildman–Crippen LogP) is 2.09. The Morgan fingerprint density at radius 3 is 2.52 bits per heavy atom. The van der Waals surface area contributed by atoms with Crippen molar-refractivity contribution in [1.82, 2.24) is 15.5 Å². The molecule has 2 rings (SSSR count). The molecule has 0 bridgehead atoms. The Balaban J connectivity index is 1.64. The molecule has 2 aliphatic rings. The summed E-state index contributed by atoms with van der Waals surface area (Å²) in [6.45, 7) is 10.6. The van der Waals surface area contributed by atoms with Gasteiger partial charge < -0.3 is 15.4 Å². The summed E-state index contributed by atoms with van der Waals surface area (Å²) in [7, 11) is 1.87. The Bertz CT molecular complexity index is 347. The fourth-order valence-electron chi connectivity index (χ4n) is 3.66. The molecule has 2 fully saturated rings. The first kappa shape index (κ1) is 18.5. The predicted molar refractivity (Wildman–Crippen MR) is 97.0 cm³/mol. The van der Waals surface area contributed by atoms with Crippen molar-refractivity contribution >= 4 is 5.96 Å². The fourth-order valence-corrected chi connectivity index (χ4v) is 3.66. The molecule has 5 heteroatoms. The molecule has 1 atom stereocenters. The van der Waals surface area contributed by atoms with Crippen molar-refractivity contribution in [1.29, 1.82) is 0 Å². The molecule has 0 radical (unpaired) electrons. The second-order valence-electron chi connectivity index (χ2n) is 7.24. The monoisotopic (exact) mass is 324 g/mol. The lowest BCUT2D eigenvalue weighted by Crippen LogP contribution is -2.47. The van der Waals surface area contributed by atoms with Gasteiger partial charge in [-0.15, -0.1) is 0 Å². The number of morpholine rings is 1. The highest BCUT2D eigenvalue weighted by atomic mass is 16.5. The third-order valence-corrected chi connectivity index (χ3v) is 5.28. The third-order valence-electron chi connectivity index (χ3n) is 5.28. The van der Waals surface area contributed by atoms with Crippen molar-refractivity contribution < 1.29 is 4.74 Å². The van der Waals surface area contributed by atoms with Gasteiger partial charge in [-0.1, -0.05) is 20.3 Å². The highest BCUT2D eigenvalue weighted by Crippen LogP contribution is 2.26. The van der Waals surface area contributed by atoms with Crippen molar-refractivity contribution in [2.45, 2.75) is 52.0 Å². The molecule has 0 spiro atoms. The summed E-state index contributed by atoms with van der Waals surface area (Å²) < 4.78 is 5.41. The Morgan fingerprint density at radius 1 is 1.22 bits per heavy atom. The molecular weight excluding hydrogens is 288 g/mol. The number of rotatable bonds is 6. The second kappa shape index (κ2) is 10.1. The van der Waals surface area contributed by atoms with E-state index in [0.717, 1.165) is 51.3 Å². The van der Waals surface area contributed by atoms with Gasteiger partial charge in [-0.05, 0) is 37.5 Å². The molecule has 0 aromatic rings. The van der Waals surface area contributed by atoms with Gasteiger partial charge in [0.25, 0.3) is 0 Å². The average Bonchev–Trinajstić information content (AvgIpc) is 2.60. The molecule has 1 saturated heterocycles. The minimum absolute atomic E-state index is 0.596. The molecule has 2 N–H and O–H groups in total. The highest BCUT2D eigenvalue weighted by molar-refractivity contribution is 5.79. The van der Waals surface area contributed by atoms with Crippen LogP contribution in [0.2, 0.25) is 0 Å². The number of hydrogen-bond donors (Lipinski definition) is 2. The Labute approximate surface area is 142 Å². The molecule has 0 aromatic carbocycles. The van der Waals surface area contributed by atoms with Crippen LogP contribution in [0.15, 0.2) is 4.99 Å². The zero-order chi connectivity index (χ0) is 16.5.